The average molecular weight is 312 g/mol. The normalized spacial score (nSPS) is 18.7. The second-order valence-electron chi connectivity index (χ2n) is 4.40. The predicted octanol–water partition coefficient (Wildman–Crippen LogP) is 1.60. The van der Waals surface area contributed by atoms with E-state index >= 15 is 0 Å². The molecule has 1 saturated heterocycles. The van der Waals surface area contributed by atoms with Gasteiger partial charge in [-0.05, 0) is 17.9 Å². The molecule has 1 aliphatic rings. The van der Waals surface area contributed by atoms with Gasteiger partial charge in [-0.1, -0.05) is 11.8 Å². The van der Waals surface area contributed by atoms with E-state index in [4.69, 9.17) is 9.84 Å². The SMILES string of the molecule is O=C(O)CSc1nc2ccsc2c(=O)n1C1CCOC1. The minimum Gasteiger partial charge on any atom is -0.481 e. The molecule has 1 atom stereocenters. The number of aliphatic carboxylic acids is 1. The number of aromatic nitrogens is 2. The minimum atomic E-state index is -0.927. The first-order chi connectivity index (χ1) is 9.66. The Hall–Kier alpha value is -1.38. The molecule has 2 aromatic heterocycles. The van der Waals surface area contributed by atoms with E-state index in [2.05, 4.69) is 4.98 Å². The van der Waals surface area contributed by atoms with Gasteiger partial charge in [0.05, 0.1) is 23.9 Å². The molecule has 0 radical (unpaired) electrons. The van der Waals surface area contributed by atoms with Gasteiger partial charge in [0, 0.05) is 6.61 Å². The lowest BCUT2D eigenvalue weighted by atomic mass is 10.2. The molecular weight excluding hydrogens is 300 g/mol. The van der Waals surface area contributed by atoms with E-state index in [1.54, 1.807) is 10.6 Å². The van der Waals surface area contributed by atoms with Gasteiger partial charge in [0.25, 0.3) is 5.56 Å². The van der Waals surface area contributed by atoms with E-state index in [1.165, 1.54) is 11.3 Å². The standard InChI is InChI=1S/C12H12N2O4S2/c15-9(16)6-20-12-13-8-2-4-19-10(8)11(17)14(12)7-1-3-18-5-7/h2,4,7H,1,3,5-6H2,(H,15,16). The average Bonchev–Trinajstić information content (AvgIpc) is 3.06. The summed E-state index contributed by atoms with van der Waals surface area (Å²) >= 11 is 2.43. The number of rotatable bonds is 4. The first-order valence-corrected chi connectivity index (χ1v) is 7.95. The molecule has 1 N–H and O–H groups in total. The molecule has 2 aromatic rings. The van der Waals surface area contributed by atoms with Crippen molar-refractivity contribution in [3.63, 3.8) is 0 Å². The molecule has 0 amide bonds. The summed E-state index contributed by atoms with van der Waals surface area (Å²) in [6.45, 7) is 1.09. The highest BCUT2D eigenvalue weighted by atomic mass is 32.2. The van der Waals surface area contributed by atoms with Crippen LogP contribution in [0.4, 0.5) is 0 Å². The Morgan fingerprint density at radius 2 is 2.50 bits per heavy atom. The molecule has 0 spiro atoms. The van der Waals surface area contributed by atoms with Crippen molar-refractivity contribution in [1.82, 2.24) is 9.55 Å². The second kappa shape index (κ2) is 5.55. The second-order valence-corrected chi connectivity index (χ2v) is 6.26. The zero-order valence-corrected chi connectivity index (χ0v) is 12.1. The number of fused-ring (bicyclic) bond motifs is 1. The molecule has 3 rings (SSSR count). The van der Waals surface area contributed by atoms with Crippen LogP contribution in [0.2, 0.25) is 0 Å². The monoisotopic (exact) mass is 312 g/mol. The molecule has 3 heterocycles. The van der Waals surface area contributed by atoms with Crippen molar-refractivity contribution < 1.29 is 14.6 Å². The third-order valence-corrected chi connectivity index (χ3v) is 4.90. The van der Waals surface area contributed by atoms with Gasteiger partial charge in [-0.15, -0.1) is 11.3 Å². The van der Waals surface area contributed by atoms with E-state index in [0.717, 1.165) is 18.2 Å². The molecule has 0 aromatic carbocycles. The van der Waals surface area contributed by atoms with E-state index in [0.29, 0.717) is 28.6 Å². The Bertz CT molecular complexity index is 703. The van der Waals surface area contributed by atoms with Crippen LogP contribution in [0.1, 0.15) is 12.5 Å². The van der Waals surface area contributed by atoms with Crippen molar-refractivity contribution in [2.45, 2.75) is 17.6 Å². The smallest absolute Gasteiger partial charge is 0.313 e. The van der Waals surface area contributed by atoms with Gasteiger partial charge in [-0.3, -0.25) is 14.2 Å². The van der Waals surface area contributed by atoms with Crippen LogP contribution in [0.15, 0.2) is 21.4 Å². The quantitative estimate of drug-likeness (QED) is 0.682. The van der Waals surface area contributed by atoms with Crippen molar-refractivity contribution >= 4 is 39.3 Å². The molecule has 1 aliphatic heterocycles. The number of thiophene rings is 1. The highest BCUT2D eigenvalue weighted by molar-refractivity contribution is 7.99. The van der Waals surface area contributed by atoms with Crippen LogP contribution in [0.5, 0.6) is 0 Å². The van der Waals surface area contributed by atoms with E-state index < -0.39 is 5.97 Å². The number of hydrogen-bond donors (Lipinski definition) is 1. The van der Waals surface area contributed by atoms with Crippen molar-refractivity contribution in [2.75, 3.05) is 19.0 Å². The molecular formula is C12H12N2O4S2. The minimum absolute atomic E-state index is 0.0576. The first-order valence-electron chi connectivity index (χ1n) is 6.09. The maximum atomic E-state index is 12.6. The van der Waals surface area contributed by atoms with Crippen LogP contribution in [0, 0.1) is 0 Å². The summed E-state index contributed by atoms with van der Waals surface area (Å²) < 4.78 is 7.54. The number of thioether (sulfide) groups is 1. The van der Waals surface area contributed by atoms with Gasteiger partial charge in [0.1, 0.15) is 4.70 Å². The Morgan fingerprint density at radius 3 is 3.20 bits per heavy atom. The predicted molar refractivity (Wildman–Crippen MR) is 76.7 cm³/mol. The summed E-state index contributed by atoms with van der Waals surface area (Å²) in [6, 6.07) is 1.72. The van der Waals surface area contributed by atoms with Crippen molar-refractivity contribution in [3.05, 3.63) is 21.8 Å². The summed E-state index contributed by atoms with van der Waals surface area (Å²) in [7, 11) is 0. The Morgan fingerprint density at radius 1 is 1.65 bits per heavy atom. The van der Waals surface area contributed by atoms with E-state index in [-0.39, 0.29) is 17.4 Å². The highest BCUT2D eigenvalue weighted by Crippen LogP contribution is 2.26. The molecule has 6 nitrogen and oxygen atoms in total. The maximum absolute atomic E-state index is 12.6. The number of carboxylic acids is 1. The number of nitrogens with zero attached hydrogens (tertiary/aromatic N) is 2. The summed E-state index contributed by atoms with van der Waals surface area (Å²) in [5.74, 6) is -1.04. The fourth-order valence-corrected chi connectivity index (χ4v) is 3.73. The molecule has 0 aliphatic carbocycles. The number of ether oxygens (including phenoxy) is 1. The van der Waals surface area contributed by atoms with Crippen LogP contribution < -0.4 is 5.56 Å². The third-order valence-electron chi connectivity index (χ3n) is 3.08. The molecule has 20 heavy (non-hydrogen) atoms. The number of carbonyl (C=O) groups is 1. The van der Waals surface area contributed by atoms with Crippen LogP contribution >= 0.6 is 23.1 Å². The largest absolute Gasteiger partial charge is 0.481 e. The van der Waals surface area contributed by atoms with Crippen LogP contribution in [0.25, 0.3) is 10.2 Å². The lowest BCUT2D eigenvalue weighted by molar-refractivity contribution is -0.133. The molecule has 0 bridgehead atoms. The third kappa shape index (κ3) is 2.46. The van der Waals surface area contributed by atoms with Crippen LogP contribution in [-0.4, -0.2) is 39.6 Å². The molecule has 8 heteroatoms. The Balaban J connectivity index is 2.11. The zero-order valence-electron chi connectivity index (χ0n) is 10.4. The van der Waals surface area contributed by atoms with Gasteiger partial charge >= 0.3 is 5.97 Å². The number of carboxylic acid groups (broad SMARTS) is 1. The number of hydrogen-bond acceptors (Lipinski definition) is 6. The van der Waals surface area contributed by atoms with Crippen molar-refractivity contribution in [2.24, 2.45) is 0 Å². The summed E-state index contributed by atoms with van der Waals surface area (Å²) in [6.07, 6.45) is 0.749. The zero-order chi connectivity index (χ0) is 14.1. The fourth-order valence-electron chi connectivity index (χ4n) is 2.18. The van der Waals surface area contributed by atoms with E-state index in [1.807, 2.05) is 5.38 Å². The topological polar surface area (TPSA) is 81.4 Å². The summed E-state index contributed by atoms with van der Waals surface area (Å²) in [4.78, 5) is 27.7. The van der Waals surface area contributed by atoms with Gasteiger partial charge in [-0.2, -0.15) is 0 Å². The van der Waals surface area contributed by atoms with Gasteiger partial charge in [-0.25, -0.2) is 4.98 Å². The van der Waals surface area contributed by atoms with Crippen LogP contribution in [0.3, 0.4) is 0 Å². The maximum Gasteiger partial charge on any atom is 0.313 e. The van der Waals surface area contributed by atoms with Gasteiger partial charge in [0.2, 0.25) is 0 Å². The van der Waals surface area contributed by atoms with Gasteiger partial charge < -0.3 is 9.84 Å². The molecule has 1 fully saturated rings. The molecule has 106 valence electrons. The molecule has 1 unspecified atom stereocenters. The lowest BCUT2D eigenvalue weighted by Gasteiger charge is -2.16. The Kier molecular flexibility index (Phi) is 3.77. The van der Waals surface area contributed by atoms with Gasteiger partial charge in [0.15, 0.2) is 5.16 Å². The van der Waals surface area contributed by atoms with Crippen molar-refractivity contribution in [1.29, 1.82) is 0 Å². The van der Waals surface area contributed by atoms with Crippen molar-refractivity contribution in [3.8, 4) is 0 Å². The summed E-state index contributed by atoms with van der Waals surface area (Å²) in [5.41, 5.74) is 0.524. The van der Waals surface area contributed by atoms with Crippen LogP contribution in [-0.2, 0) is 9.53 Å². The van der Waals surface area contributed by atoms with E-state index in [9.17, 15) is 9.59 Å². The lowest BCUT2D eigenvalue weighted by Crippen LogP contribution is -2.27. The molecule has 0 saturated carbocycles. The summed E-state index contributed by atoms with van der Waals surface area (Å²) in [5, 5.41) is 11.1. The highest BCUT2D eigenvalue weighted by Gasteiger charge is 2.24. The Labute approximate surface area is 122 Å². The first kappa shape index (κ1) is 13.6. The fraction of sp³-hybridized carbons (Fsp3) is 0.417.